The molecule has 1 aliphatic carbocycles. The molecular weight excluding hydrogens is 342 g/mol. The van der Waals surface area contributed by atoms with Crippen LogP contribution in [0.1, 0.15) is 31.2 Å². The number of rotatable bonds is 6. The summed E-state index contributed by atoms with van der Waals surface area (Å²) in [5.41, 5.74) is 0.906. The van der Waals surface area contributed by atoms with Gasteiger partial charge in [-0.3, -0.25) is 4.79 Å². The minimum absolute atomic E-state index is 0.0246. The lowest BCUT2D eigenvalue weighted by molar-refractivity contribution is -0.129. The molecule has 0 aromatic carbocycles. The van der Waals surface area contributed by atoms with Crippen molar-refractivity contribution in [1.29, 1.82) is 0 Å². The van der Waals surface area contributed by atoms with Crippen LogP contribution in [-0.2, 0) is 9.53 Å². The van der Waals surface area contributed by atoms with Crippen molar-refractivity contribution in [1.82, 2.24) is 14.8 Å². The van der Waals surface area contributed by atoms with Gasteiger partial charge in [-0.05, 0) is 49.3 Å². The number of aromatic nitrogens is 1. The Morgan fingerprint density at radius 2 is 1.93 bits per heavy atom. The number of ether oxygens (including phenoxy) is 2. The average molecular weight is 371 g/mol. The van der Waals surface area contributed by atoms with Crippen molar-refractivity contribution in [3.63, 3.8) is 0 Å². The van der Waals surface area contributed by atoms with Crippen LogP contribution in [-0.4, -0.2) is 72.7 Å². The van der Waals surface area contributed by atoms with Crippen LogP contribution in [0.3, 0.4) is 0 Å². The van der Waals surface area contributed by atoms with Crippen molar-refractivity contribution >= 4 is 12.0 Å². The molecule has 4 rings (SSSR count). The van der Waals surface area contributed by atoms with Gasteiger partial charge in [0, 0.05) is 51.1 Å². The van der Waals surface area contributed by atoms with Crippen molar-refractivity contribution < 1.29 is 14.3 Å². The molecule has 2 saturated heterocycles. The van der Waals surface area contributed by atoms with Crippen molar-refractivity contribution in [2.24, 2.45) is 5.92 Å². The van der Waals surface area contributed by atoms with E-state index in [9.17, 15) is 4.79 Å². The van der Waals surface area contributed by atoms with Crippen LogP contribution in [0.5, 0.6) is 5.88 Å². The number of carbonyl (C=O) groups excluding carboxylic acids is 1. The van der Waals surface area contributed by atoms with Crippen LogP contribution in [0.4, 0.5) is 0 Å². The van der Waals surface area contributed by atoms with Crippen LogP contribution in [0.15, 0.2) is 24.4 Å². The second-order valence-electron chi connectivity index (χ2n) is 7.76. The van der Waals surface area contributed by atoms with E-state index < -0.39 is 0 Å². The number of carbonyl (C=O) groups is 1. The van der Waals surface area contributed by atoms with Gasteiger partial charge in [0.25, 0.3) is 0 Å². The Balaban J connectivity index is 1.22. The topological polar surface area (TPSA) is 54.9 Å². The van der Waals surface area contributed by atoms with Gasteiger partial charge in [0.15, 0.2) is 0 Å². The number of likely N-dealkylation sites (tertiary alicyclic amines) is 1. The molecule has 0 N–H and O–H groups in total. The highest BCUT2D eigenvalue weighted by atomic mass is 16.5. The number of nitrogens with zero attached hydrogens (tertiary/aromatic N) is 3. The molecule has 27 heavy (non-hydrogen) atoms. The quantitative estimate of drug-likeness (QED) is 0.718. The van der Waals surface area contributed by atoms with E-state index >= 15 is 0 Å². The highest BCUT2D eigenvalue weighted by Gasteiger charge is 2.27. The summed E-state index contributed by atoms with van der Waals surface area (Å²) in [6.45, 7) is 6.09. The molecular formula is C21H29N3O3. The summed E-state index contributed by atoms with van der Waals surface area (Å²) in [6.07, 6.45) is 10.4. The second-order valence-corrected chi connectivity index (χ2v) is 7.76. The maximum atomic E-state index is 12.1. The average Bonchev–Trinajstić information content (AvgIpc) is 3.53. The third-order valence-electron chi connectivity index (χ3n) is 5.54. The first-order valence-corrected chi connectivity index (χ1v) is 10.2. The van der Waals surface area contributed by atoms with E-state index in [0.717, 1.165) is 37.4 Å². The van der Waals surface area contributed by atoms with Crippen LogP contribution in [0, 0.1) is 5.92 Å². The highest BCUT2D eigenvalue weighted by molar-refractivity contribution is 5.91. The molecule has 3 aliphatic rings. The zero-order valence-electron chi connectivity index (χ0n) is 15.9. The van der Waals surface area contributed by atoms with E-state index in [1.54, 1.807) is 17.2 Å². The SMILES string of the molecule is O=C(/C=C/c1ccc(OC2CCN(CC3CC3)CC2)nc1)N1CCOCC1. The minimum atomic E-state index is 0.0246. The summed E-state index contributed by atoms with van der Waals surface area (Å²) in [6, 6.07) is 3.85. The monoisotopic (exact) mass is 371 g/mol. The third kappa shape index (κ3) is 5.53. The fourth-order valence-electron chi connectivity index (χ4n) is 3.66. The lowest BCUT2D eigenvalue weighted by atomic mass is 10.1. The van der Waals surface area contributed by atoms with Gasteiger partial charge in [0.1, 0.15) is 6.10 Å². The first-order valence-electron chi connectivity index (χ1n) is 10.2. The molecule has 1 aromatic heterocycles. The van der Waals surface area contributed by atoms with Crippen LogP contribution < -0.4 is 4.74 Å². The lowest BCUT2D eigenvalue weighted by Gasteiger charge is -2.31. The van der Waals surface area contributed by atoms with Gasteiger partial charge >= 0.3 is 0 Å². The number of piperidine rings is 1. The highest BCUT2D eigenvalue weighted by Crippen LogP contribution is 2.30. The number of hydrogen-bond donors (Lipinski definition) is 0. The minimum Gasteiger partial charge on any atom is -0.474 e. The number of morpholine rings is 1. The molecule has 0 unspecified atom stereocenters. The van der Waals surface area contributed by atoms with E-state index in [1.165, 1.54) is 19.4 Å². The fraction of sp³-hybridized carbons (Fsp3) is 0.619. The Hall–Kier alpha value is -1.92. The van der Waals surface area contributed by atoms with Gasteiger partial charge in [-0.2, -0.15) is 0 Å². The molecule has 0 bridgehead atoms. The fourth-order valence-corrected chi connectivity index (χ4v) is 3.66. The molecule has 2 aliphatic heterocycles. The predicted molar refractivity (Wildman–Crippen MR) is 103 cm³/mol. The maximum Gasteiger partial charge on any atom is 0.246 e. The smallest absolute Gasteiger partial charge is 0.246 e. The maximum absolute atomic E-state index is 12.1. The van der Waals surface area contributed by atoms with Crippen molar-refractivity contribution in [2.75, 3.05) is 45.9 Å². The van der Waals surface area contributed by atoms with E-state index in [1.807, 2.05) is 18.2 Å². The molecule has 1 amide bonds. The summed E-state index contributed by atoms with van der Waals surface area (Å²) < 4.78 is 11.3. The van der Waals surface area contributed by atoms with E-state index in [-0.39, 0.29) is 12.0 Å². The van der Waals surface area contributed by atoms with Gasteiger partial charge in [-0.25, -0.2) is 4.98 Å². The molecule has 146 valence electrons. The molecule has 1 aromatic rings. The molecule has 0 atom stereocenters. The van der Waals surface area contributed by atoms with Crippen LogP contribution >= 0.6 is 0 Å². The summed E-state index contributed by atoms with van der Waals surface area (Å²) in [5.74, 6) is 1.66. The van der Waals surface area contributed by atoms with Gasteiger partial charge in [-0.1, -0.05) is 0 Å². The Morgan fingerprint density at radius 1 is 1.15 bits per heavy atom. The van der Waals surface area contributed by atoms with Crippen molar-refractivity contribution in [3.8, 4) is 5.88 Å². The van der Waals surface area contributed by atoms with Crippen LogP contribution in [0.2, 0.25) is 0 Å². The summed E-state index contributed by atoms with van der Waals surface area (Å²) >= 11 is 0. The zero-order chi connectivity index (χ0) is 18.5. The van der Waals surface area contributed by atoms with Gasteiger partial charge in [-0.15, -0.1) is 0 Å². The Bertz CT molecular complexity index is 643. The standard InChI is InChI=1S/C21H29N3O3/c25-21(24-11-13-26-14-12-24)6-4-17-3-5-20(22-15-17)27-19-7-9-23(10-8-19)16-18-1-2-18/h3-6,15,18-19H,1-2,7-14,16H2/b6-4+. The molecule has 3 heterocycles. The first kappa shape index (κ1) is 18.4. The normalized spacial score (nSPS) is 22.3. The number of pyridine rings is 1. The Kier molecular flexibility index (Phi) is 6.04. The van der Waals surface area contributed by atoms with E-state index in [4.69, 9.17) is 9.47 Å². The van der Waals surface area contributed by atoms with Gasteiger partial charge in [0.2, 0.25) is 11.8 Å². The lowest BCUT2D eigenvalue weighted by Crippen LogP contribution is -2.39. The largest absolute Gasteiger partial charge is 0.474 e. The van der Waals surface area contributed by atoms with E-state index in [0.29, 0.717) is 32.2 Å². The molecule has 3 fully saturated rings. The van der Waals surface area contributed by atoms with Crippen LogP contribution in [0.25, 0.3) is 6.08 Å². The Morgan fingerprint density at radius 3 is 2.59 bits per heavy atom. The first-order chi connectivity index (χ1) is 13.3. The second kappa shape index (κ2) is 8.85. The molecule has 1 saturated carbocycles. The van der Waals surface area contributed by atoms with E-state index in [2.05, 4.69) is 9.88 Å². The third-order valence-corrected chi connectivity index (χ3v) is 5.54. The predicted octanol–water partition coefficient (Wildman–Crippen LogP) is 2.21. The summed E-state index contributed by atoms with van der Waals surface area (Å²) in [7, 11) is 0. The number of amides is 1. The summed E-state index contributed by atoms with van der Waals surface area (Å²) in [5, 5.41) is 0. The zero-order valence-corrected chi connectivity index (χ0v) is 15.9. The van der Waals surface area contributed by atoms with Gasteiger partial charge < -0.3 is 19.3 Å². The molecule has 0 spiro atoms. The molecule has 6 heteroatoms. The Labute approximate surface area is 161 Å². The molecule has 0 radical (unpaired) electrons. The summed E-state index contributed by atoms with van der Waals surface area (Å²) in [4.78, 5) is 20.9. The van der Waals surface area contributed by atoms with Gasteiger partial charge in [0.05, 0.1) is 13.2 Å². The molecule has 6 nitrogen and oxygen atoms in total. The number of hydrogen-bond acceptors (Lipinski definition) is 5. The van der Waals surface area contributed by atoms with Crippen molar-refractivity contribution in [2.45, 2.75) is 31.8 Å². The van der Waals surface area contributed by atoms with Crippen molar-refractivity contribution in [3.05, 3.63) is 30.0 Å².